The van der Waals surface area contributed by atoms with Gasteiger partial charge in [0.25, 0.3) is 0 Å². The molecule has 78 valence electrons. The van der Waals surface area contributed by atoms with Gasteiger partial charge in [-0.1, -0.05) is 26.2 Å². The number of hydrogen-bond donors (Lipinski definition) is 1. The van der Waals surface area contributed by atoms with Crippen LogP contribution in [0.5, 0.6) is 0 Å². The van der Waals surface area contributed by atoms with Crippen LogP contribution in [0.3, 0.4) is 0 Å². The maximum atomic E-state index is 11.0. The summed E-state index contributed by atoms with van der Waals surface area (Å²) in [5.41, 5.74) is 0. The molecule has 0 rings (SSSR count). The van der Waals surface area contributed by atoms with Gasteiger partial charge in [0, 0.05) is 0 Å². The Morgan fingerprint density at radius 3 is 2.54 bits per heavy atom. The quantitative estimate of drug-likeness (QED) is 0.510. The number of unbranched alkanes of at least 4 members (excludes halogenated alkanes) is 2. The molecule has 2 atom stereocenters. The predicted octanol–water partition coefficient (Wildman–Crippen LogP) is 1.74. The van der Waals surface area contributed by atoms with E-state index in [0.717, 1.165) is 19.3 Å². The zero-order chi connectivity index (χ0) is 10.3. The van der Waals surface area contributed by atoms with Gasteiger partial charge in [-0.3, -0.25) is 4.79 Å². The molecule has 3 heteroatoms. The summed E-state index contributed by atoms with van der Waals surface area (Å²) >= 11 is 0. The first-order valence-corrected chi connectivity index (χ1v) is 4.89. The Labute approximate surface area is 80.1 Å². The molecule has 0 aliphatic carbocycles. The molecule has 0 spiro atoms. The van der Waals surface area contributed by atoms with Gasteiger partial charge >= 0.3 is 5.97 Å². The molecule has 0 heterocycles. The number of carbonyl (C=O) groups excluding carboxylic acids is 1. The minimum Gasteiger partial charge on any atom is -0.469 e. The molecule has 0 amide bonds. The van der Waals surface area contributed by atoms with E-state index in [2.05, 4.69) is 11.7 Å². The fraction of sp³-hybridized carbons (Fsp3) is 0.900. The normalized spacial score (nSPS) is 15.1. The Balaban J connectivity index is 3.68. The van der Waals surface area contributed by atoms with Crippen molar-refractivity contribution in [1.29, 1.82) is 0 Å². The molecule has 0 aliphatic rings. The van der Waals surface area contributed by atoms with Crippen LogP contribution < -0.4 is 0 Å². The lowest BCUT2D eigenvalue weighted by molar-refractivity contribution is -0.148. The zero-order valence-corrected chi connectivity index (χ0v) is 8.75. The van der Waals surface area contributed by atoms with Gasteiger partial charge in [-0.25, -0.2) is 0 Å². The van der Waals surface area contributed by atoms with E-state index in [-0.39, 0.29) is 5.97 Å². The minimum atomic E-state index is -0.556. The van der Waals surface area contributed by atoms with Crippen LogP contribution in [-0.2, 0) is 9.53 Å². The molecule has 0 radical (unpaired) electrons. The summed E-state index contributed by atoms with van der Waals surface area (Å²) in [5, 5.41) is 9.55. The molecular weight excluding hydrogens is 168 g/mol. The highest BCUT2D eigenvalue weighted by Gasteiger charge is 2.21. The van der Waals surface area contributed by atoms with E-state index in [1.807, 2.05) is 0 Å². The van der Waals surface area contributed by atoms with Gasteiger partial charge < -0.3 is 9.84 Å². The lowest BCUT2D eigenvalue weighted by Crippen LogP contribution is -2.26. The van der Waals surface area contributed by atoms with Crippen molar-refractivity contribution in [2.75, 3.05) is 7.11 Å². The Morgan fingerprint density at radius 2 is 2.08 bits per heavy atom. The first-order valence-electron chi connectivity index (χ1n) is 4.89. The number of aliphatic hydroxyl groups excluding tert-OH is 1. The van der Waals surface area contributed by atoms with Crippen LogP contribution in [0.15, 0.2) is 0 Å². The molecule has 0 saturated carbocycles. The van der Waals surface area contributed by atoms with Gasteiger partial charge in [-0.05, 0) is 13.3 Å². The number of ether oxygens (including phenoxy) is 1. The highest BCUT2D eigenvalue weighted by atomic mass is 16.5. The average molecular weight is 188 g/mol. The summed E-state index contributed by atoms with van der Waals surface area (Å²) in [5.74, 6) is -0.731. The van der Waals surface area contributed by atoms with E-state index >= 15 is 0 Å². The highest BCUT2D eigenvalue weighted by molar-refractivity contribution is 5.72. The monoisotopic (exact) mass is 188 g/mol. The molecule has 1 N–H and O–H groups in total. The summed E-state index contributed by atoms with van der Waals surface area (Å²) in [6, 6.07) is 0. The van der Waals surface area contributed by atoms with Gasteiger partial charge in [-0.15, -0.1) is 0 Å². The number of esters is 1. The molecule has 0 saturated heterocycles. The Bertz CT molecular complexity index is 145. The van der Waals surface area contributed by atoms with Crippen LogP contribution >= 0.6 is 0 Å². The fourth-order valence-corrected chi connectivity index (χ4v) is 1.20. The maximum absolute atomic E-state index is 11.0. The summed E-state index contributed by atoms with van der Waals surface area (Å²) in [6.07, 6.45) is 3.33. The second-order valence-electron chi connectivity index (χ2n) is 3.37. The van der Waals surface area contributed by atoms with Gasteiger partial charge in [0.05, 0.1) is 19.1 Å². The van der Waals surface area contributed by atoms with Gasteiger partial charge in [0.1, 0.15) is 0 Å². The van der Waals surface area contributed by atoms with Crippen LogP contribution in [-0.4, -0.2) is 24.3 Å². The third-order valence-corrected chi connectivity index (χ3v) is 2.25. The molecule has 0 bridgehead atoms. The Hall–Kier alpha value is -0.570. The van der Waals surface area contributed by atoms with E-state index in [4.69, 9.17) is 0 Å². The van der Waals surface area contributed by atoms with Gasteiger partial charge in [0.15, 0.2) is 0 Å². The third-order valence-electron chi connectivity index (χ3n) is 2.25. The number of hydrogen-bond acceptors (Lipinski definition) is 3. The van der Waals surface area contributed by atoms with Gasteiger partial charge in [-0.2, -0.15) is 0 Å². The molecule has 0 aliphatic heterocycles. The summed E-state index contributed by atoms with van der Waals surface area (Å²) in [7, 11) is 1.34. The molecule has 0 aromatic rings. The van der Waals surface area contributed by atoms with Crippen LogP contribution in [0.2, 0.25) is 0 Å². The summed E-state index contributed by atoms with van der Waals surface area (Å²) < 4.78 is 4.54. The van der Waals surface area contributed by atoms with Crippen molar-refractivity contribution in [3.63, 3.8) is 0 Å². The van der Waals surface area contributed by atoms with Crippen LogP contribution in [0.4, 0.5) is 0 Å². The second kappa shape index (κ2) is 6.89. The van der Waals surface area contributed by atoms with Crippen molar-refractivity contribution in [1.82, 2.24) is 0 Å². The Kier molecular flexibility index (Phi) is 6.59. The van der Waals surface area contributed by atoms with E-state index in [1.54, 1.807) is 6.92 Å². The van der Waals surface area contributed by atoms with Gasteiger partial charge in [0.2, 0.25) is 0 Å². The molecule has 0 unspecified atom stereocenters. The van der Waals surface area contributed by atoms with E-state index in [1.165, 1.54) is 7.11 Å². The first kappa shape index (κ1) is 12.4. The average Bonchev–Trinajstić information content (AvgIpc) is 2.15. The number of rotatable bonds is 6. The number of methoxy groups -OCH3 is 1. The lowest BCUT2D eigenvalue weighted by Gasteiger charge is -2.15. The molecule has 3 nitrogen and oxygen atoms in total. The number of aliphatic hydroxyl groups is 1. The molecule has 0 fully saturated rings. The Morgan fingerprint density at radius 1 is 1.46 bits per heavy atom. The second-order valence-corrected chi connectivity index (χ2v) is 3.37. The van der Waals surface area contributed by atoms with E-state index in [9.17, 15) is 9.90 Å². The largest absolute Gasteiger partial charge is 0.469 e. The molecule has 0 aromatic carbocycles. The van der Waals surface area contributed by atoms with Crippen molar-refractivity contribution in [2.24, 2.45) is 5.92 Å². The SMILES string of the molecule is CCCCC[C@H](O)[C@@H](C)C(=O)OC. The maximum Gasteiger partial charge on any atom is 0.311 e. The van der Waals surface area contributed by atoms with Crippen LogP contribution in [0.1, 0.15) is 39.5 Å². The van der Waals surface area contributed by atoms with Crippen molar-refractivity contribution in [3.05, 3.63) is 0 Å². The smallest absolute Gasteiger partial charge is 0.311 e. The van der Waals surface area contributed by atoms with Crippen molar-refractivity contribution >= 4 is 5.97 Å². The minimum absolute atomic E-state index is 0.330. The fourth-order valence-electron chi connectivity index (χ4n) is 1.20. The summed E-state index contributed by atoms with van der Waals surface area (Å²) in [6.45, 7) is 3.80. The molecular formula is C10H20O3. The topological polar surface area (TPSA) is 46.5 Å². The third kappa shape index (κ3) is 4.88. The first-order chi connectivity index (χ1) is 6.13. The predicted molar refractivity (Wildman–Crippen MR) is 51.3 cm³/mol. The zero-order valence-electron chi connectivity index (χ0n) is 8.75. The van der Waals surface area contributed by atoms with E-state index < -0.39 is 12.0 Å². The van der Waals surface area contributed by atoms with Crippen LogP contribution in [0.25, 0.3) is 0 Å². The molecule has 0 aromatic heterocycles. The number of carbonyl (C=O) groups is 1. The summed E-state index contributed by atoms with van der Waals surface area (Å²) in [4.78, 5) is 11.0. The van der Waals surface area contributed by atoms with Crippen molar-refractivity contribution < 1.29 is 14.6 Å². The van der Waals surface area contributed by atoms with Crippen molar-refractivity contribution in [3.8, 4) is 0 Å². The lowest BCUT2D eigenvalue weighted by atomic mass is 9.99. The molecule has 13 heavy (non-hydrogen) atoms. The van der Waals surface area contributed by atoms with Crippen LogP contribution in [0, 0.1) is 5.92 Å². The highest BCUT2D eigenvalue weighted by Crippen LogP contribution is 2.12. The van der Waals surface area contributed by atoms with Crippen molar-refractivity contribution in [2.45, 2.75) is 45.6 Å². The van der Waals surface area contributed by atoms with E-state index in [0.29, 0.717) is 6.42 Å². The standard InChI is InChI=1S/C10H20O3/c1-4-5-6-7-9(11)8(2)10(12)13-3/h8-9,11H,4-7H2,1-3H3/t8-,9+/m1/s1.